The maximum atomic E-state index is 12.5. The highest BCUT2D eigenvalue weighted by Gasteiger charge is 2.22. The number of rotatable bonds is 6. The standard InChI is InChI=1S/C19H17ClN2O5/c1-11(17-21-22-18(27-17)12-7-5-4-6-8-12)26-19(23)13-9-14(20)16(25-3)15(10-13)24-2/h4-11H,1-3H3/t11-/m1/s1. The highest BCUT2D eigenvalue weighted by molar-refractivity contribution is 6.32. The average molecular weight is 389 g/mol. The normalized spacial score (nSPS) is 11.7. The molecule has 8 heteroatoms. The van der Waals surface area contributed by atoms with Crippen molar-refractivity contribution < 1.29 is 23.4 Å². The first kappa shape index (κ1) is 18.7. The third-order valence-corrected chi connectivity index (χ3v) is 4.04. The van der Waals surface area contributed by atoms with Crippen LogP contribution in [0.2, 0.25) is 5.02 Å². The lowest BCUT2D eigenvalue weighted by atomic mass is 10.2. The Morgan fingerprint density at radius 1 is 1.11 bits per heavy atom. The molecule has 0 bridgehead atoms. The maximum absolute atomic E-state index is 12.5. The van der Waals surface area contributed by atoms with E-state index in [1.807, 2.05) is 30.3 Å². The lowest BCUT2D eigenvalue weighted by molar-refractivity contribution is 0.0279. The van der Waals surface area contributed by atoms with E-state index < -0.39 is 12.1 Å². The van der Waals surface area contributed by atoms with Crippen molar-refractivity contribution >= 4 is 17.6 Å². The van der Waals surface area contributed by atoms with E-state index >= 15 is 0 Å². The minimum absolute atomic E-state index is 0.189. The van der Waals surface area contributed by atoms with Gasteiger partial charge in [0.25, 0.3) is 5.89 Å². The number of halogens is 1. The zero-order chi connectivity index (χ0) is 19.4. The number of esters is 1. The first-order chi connectivity index (χ1) is 13.0. The molecule has 1 atom stereocenters. The summed E-state index contributed by atoms with van der Waals surface area (Å²) >= 11 is 6.13. The van der Waals surface area contributed by atoms with Crippen LogP contribution in [-0.4, -0.2) is 30.4 Å². The number of carbonyl (C=O) groups is 1. The summed E-state index contributed by atoms with van der Waals surface area (Å²) in [6.07, 6.45) is -0.741. The van der Waals surface area contributed by atoms with Crippen LogP contribution < -0.4 is 9.47 Å². The van der Waals surface area contributed by atoms with Gasteiger partial charge in [-0.25, -0.2) is 4.79 Å². The highest BCUT2D eigenvalue weighted by atomic mass is 35.5. The summed E-state index contributed by atoms with van der Waals surface area (Å²) in [6.45, 7) is 1.64. The molecule has 140 valence electrons. The molecule has 0 spiro atoms. The van der Waals surface area contributed by atoms with Gasteiger partial charge in [-0.2, -0.15) is 0 Å². The fourth-order valence-electron chi connectivity index (χ4n) is 2.41. The van der Waals surface area contributed by atoms with Crippen molar-refractivity contribution in [1.82, 2.24) is 10.2 Å². The molecule has 1 aromatic heterocycles. The van der Waals surface area contributed by atoms with E-state index in [0.29, 0.717) is 17.4 Å². The Morgan fingerprint density at radius 3 is 2.52 bits per heavy atom. The van der Waals surface area contributed by atoms with Crippen LogP contribution in [0.25, 0.3) is 11.5 Å². The number of hydrogen-bond donors (Lipinski definition) is 0. The largest absolute Gasteiger partial charge is 0.493 e. The number of benzene rings is 2. The van der Waals surface area contributed by atoms with Crippen LogP contribution in [0.3, 0.4) is 0 Å². The summed E-state index contributed by atoms with van der Waals surface area (Å²) < 4.78 is 21.4. The van der Waals surface area contributed by atoms with Gasteiger partial charge in [-0.15, -0.1) is 10.2 Å². The molecule has 0 unspecified atom stereocenters. The molecule has 0 N–H and O–H groups in total. The smallest absolute Gasteiger partial charge is 0.339 e. The quantitative estimate of drug-likeness (QED) is 0.581. The molecule has 0 radical (unpaired) electrons. The van der Waals surface area contributed by atoms with E-state index in [9.17, 15) is 4.79 Å². The number of nitrogens with zero attached hydrogens (tertiary/aromatic N) is 2. The van der Waals surface area contributed by atoms with E-state index in [1.54, 1.807) is 6.92 Å². The van der Waals surface area contributed by atoms with Crippen molar-refractivity contribution in [1.29, 1.82) is 0 Å². The van der Waals surface area contributed by atoms with Gasteiger partial charge in [0, 0.05) is 5.56 Å². The molecule has 1 heterocycles. The number of aromatic nitrogens is 2. The molecule has 2 aromatic carbocycles. The summed E-state index contributed by atoms with van der Waals surface area (Å²) in [6, 6.07) is 12.2. The zero-order valence-corrected chi connectivity index (χ0v) is 15.7. The van der Waals surface area contributed by atoms with Crippen LogP contribution in [0.5, 0.6) is 11.5 Å². The average Bonchev–Trinajstić information content (AvgIpc) is 3.18. The van der Waals surface area contributed by atoms with Crippen LogP contribution in [0.15, 0.2) is 46.9 Å². The van der Waals surface area contributed by atoms with Crippen LogP contribution >= 0.6 is 11.6 Å². The third kappa shape index (κ3) is 4.03. The molecule has 3 rings (SSSR count). The number of methoxy groups -OCH3 is 2. The number of hydrogen-bond acceptors (Lipinski definition) is 7. The predicted molar refractivity (Wildman–Crippen MR) is 98.1 cm³/mol. The van der Waals surface area contributed by atoms with Crippen molar-refractivity contribution in [2.75, 3.05) is 14.2 Å². The molecule has 27 heavy (non-hydrogen) atoms. The van der Waals surface area contributed by atoms with Crippen LogP contribution in [0.4, 0.5) is 0 Å². The molecule has 0 aliphatic heterocycles. The summed E-state index contributed by atoms with van der Waals surface area (Å²) in [4.78, 5) is 12.5. The van der Waals surface area contributed by atoms with Gasteiger partial charge in [-0.05, 0) is 31.2 Å². The fourth-order valence-corrected chi connectivity index (χ4v) is 2.70. The lowest BCUT2D eigenvalue weighted by Crippen LogP contribution is -2.10. The minimum Gasteiger partial charge on any atom is -0.493 e. The number of carbonyl (C=O) groups excluding carboxylic acids is 1. The van der Waals surface area contributed by atoms with Gasteiger partial charge in [0.2, 0.25) is 5.89 Å². The molecule has 7 nitrogen and oxygen atoms in total. The van der Waals surface area contributed by atoms with E-state index in [4.69, 9.17) is 30.2 Å². The van der Waals surface area contributed by atoms with Gasteiger partial charge in [0.1, 0.15) is 0 Å². The van der Waals surface area contributed by atoms with E-state index in [0.717, 1.165) is 5.56 Å². The summed E-state index contributed by atoms with van der Waals surface area (Å²) in [5, 5.41) is 8.18. The molecule has 0 aliphatic carbocycles. The van der Waals surface area contributed by atoms with E-state index in [-0.39, 0.29) is 16.5 Å². The molecule has 0 saturated carbocycles. The second kappa shape index (κ2) is 8.09. The molecule has 0 saturated heterocycles. The molecular weight excluding hydrogens is 372 g/mol. The third-order valence-electron chi connectivity index (χ3n) is 3.76. The van der Waals surface area contributed by atoms with E-state index in [1.165, 1.54) is 26.4 Å². The van der Waals surface area contributed by atoms with Crippen molar-refractivity contribution in [3.05, 3.63) is 58.9 Å². The zero-order valence-electron chi connectivity index (χ0n) is 14.9. The Kier molecular flexibility index (Phi) is 5.61. The Balaban J connectivity index is 1.77. The Hall–Kier alpha value is -3.06. The summed E-state index contributed by atoms with van der Waals surface area (Å²) in [7, 11) is 2.92. The molecule has 0 aliphatic rings. The SMILES string of the molecule is COc1cc(C(=O)O[C@H](C)c2nnc(-c3ccccc3)o2)cc(Cl)c1OC. The predicted octanol–water partition coefficient (Wildman–Crippen LogP) is 4.33. The Bertz CT molecular complexity index is 943. The molecule has 0 amide bonds. The molecule has 0 fully saturated rings. The first-order valence-corrected chi connectivity index (χ1v) is 8.42. The van der Waals surface area contributed by atoms with Gasteiger partial charge in [0.05, 0.1) is 24.8 Å². The van der Waals surface area contributed by atoms with Crippen molar-refractivity contribution in [3.63, 3.8) is 0 Å². The highest BCUT2D eigenvalue weighted by Crippen LogP contribution is 2.36. The topological polar surface area (TPSA) is 83.7 Å². The fraction of sp³-hybridized carbons (Fsp3) is 0.211. The van der Waals surface area contributed by atoms with E-state index in [2.05, 4.69) is 10.2 Å². The minimum atomic E-state index is -0.741. The van der Waals surface area contributed by atoms with Crippen molar-refractivity contribution in [3.8, 4) is 23.0 Å². The van der Waals surface area contributed by atoms with Gasteiger partial charge < -0.3 is 18.6 Å². The van der Waals surface area contributed by atoms with Crippen LogP contribution in [0, 0.1) is 0 Å². The lowest BCUT2D eigenvalue weighted by Gasteiger charge is -2.13. The van der Waals surface area contributed by atoms with Gasteiger partial charge >= 0.3 is 5.97 Å². The van der Waals surface area contributed by atoms with Crippen LogP contribution in [-0.2, 0) is 4.74 Å². The monoisotopic (exact) mass is 388 g/mol. The van der Waals surface area contributed by atoms with Gasteiger partial charge in [-0.3, -0.25) is 0 Å². The second-order valence-corrected chi connectivity index (χ2v) is 5.96. The Morgan fingerprint density at radius 2 is 1.85 bits per heavy atom. The van der Waals surface area contributed by atoms with Gasteiger partial charge in [-0.1, -0.05) is 29.8 Å². The molecule has 3 aromatic rings. The van der Waals surface area contributed by atoms with Crippen molar-refractivity contribution in [2.24, 2.45) is 0 Å². The second-order valence-electron chi connectivity index (χ2n) is 5.55. The summed E-state index contributed by atoms with van der Waals surface area (Å²) in [5.74, 6) is 0.600. The maximum Gasteiger partial charge on any atom is 0.339 e. The van der Waals surface area contributed by atoms with Crippen molar-refractivity contribution in [2.45, 2.75) is 13.0 Å². The summed E-state index contributed by atoms with van der Waals surface area (Å²) in [5.41, 5.74) is 0.994. The van der Waals surface area contributed by atoms with Gasteiger partial charge in [0.15, 0.2) is 17.6 Å². The first-order valence-electron chi connectivity index (χ1n) is 8.04. The number of ether oxygens (including phenoxy) is 3. The molecular formula is C19H17ClN2O5. The van der Waals surface area contributed by atoms with Crippen LogP contribution in [0.1, 0.15) is 29.3 Å². The Labute approximate surface area is 160 Å².